The van der Waals surface area contributed by atoms with E-state index in [0.29, 0.717) is 24.0 Å². The fourth-order valence-electron chi connectivity index (χ4n) is 2.30. The summed E-state index contributed by atoms with van der Waals surface area (Å²) in [5.74, 6) is 1.77. The summed E-state index contributed by atoms with van der Waals surface area (Å²) in [5, 5.41) is 0.329. The second-order valence-electron chi connectivity index (χ2n) is 4.31. The Hall–Kier alpha value is -0.510. The molecule has 84 valence electrons. The van der Waals surface area contributed by atoms with Crippen molar-refractivity contribution in [2.45, 2.75) is 38.0 Å². The zero-order valence-electron chi connectivity index (χ0n) is 9.07. The highest BCUT2D eigenvalue weighted by Gasteiger charge is 2.32. The quantitative estimate of drug-likeness (QED) is 0.684. The van der Waals surface area contributed by atoms with E-state index in [1.54, 1.807) is 0 Å². The zero-order chi connectivity index (χ0) is 10.8. The lowest BCUT2D eigenvalue weighted by molar-refractivity contribution is -0.137. The molecule has 0 aromatic heterocycles. The van der Waals surface area contributed by atoms with Crippen molar-refractivity contribution in [1.82, 2.24) is 4.90 Å². The van der Waals surface area contributed by atoms with Gasteiger partial charge in [-0.15, -0.1) is 11.8 Å². The van der Waals surface area contributed by atoms with E-state index < -0.39 is 0 Å². The van der Waals surface area contributed by atoms with E-state index >= 15 is 0 Å². The second kappa shape index (κ2) is 4.56. The Kier molecular flexibility index (Phi) is 3.34. The molecule has 2 aliphatic rings. The summed E-state index contributed by atoms with van der Waals surface area (Å²) in [7, 11) is 0. The van der Waals surface area contributed by atoms with Crippen molar-refractivity contribution in [3.8, 4) is 0 Å². The lowest BCUT2D eigenvalue weighted by atomic mass is 9.87. The van der Waals surface area contributed by atoms with E-state index in [0.717, 1.165) is 25.1 Å². The van der Waals surface area contributed by atoms with Gasteiger partial charge in [-0.05, 0) is 19.8 Å². The molecule has 2 fully saturated rings. The van der Waals surface area contributed by atoms with Crippen molar-refractivity contribution < 1.29 is 9.59 Å². The number of thioether (sulfide) groups is 1. The van der Waals surface area contributed by atoms with Crippen LogP contribution in [0.2, 0.25) is 0 Å². The van der Waals surface area contributed by atoms with Crippen LogP contribution in [0.4, 0.5) is 0 Å². The molecular weight excluding hydrogens is 210 g/mol. The van der Waals surface area contributed by atoms with Crippen LogP contribution in [0, 0.1) is 5.92 Å². The molecular formula is C11H17NO2S. The van der Waals surface area contributed by atoms with Crippen LogP contribution in [0.3, 0.4) is 0 Å². The first-order valence-electron chi connectivity index (χ1n) is 5.62. The third-order valence-corrected chi connectivity index (χ3v) is 4.46. The number of carbonyl (C=O) groups excluding carboxylic acids is 2. The van der Waals surface area contributed by atoms with Gasteiger partial charge < -0.3 is 4.90 Å². The Labute approximate surface area is 94.6 Å². The molecule has 15 heavy (non-hydrogen) atoms. The molecule has 0 bridgehead atoms. The van der Waals surface area contributed by atoms with Crippen molar-refractivity contribution >= 4 is 23.5 Å². The van der Waals surface area contributed by atoms with Gasteiger partial charge in [0.15, 0.2) is 0 Å². The maximum atomic E-state index is 12.1. The minimum Gasteiger partial charge on any atom is -0.330 e. The molecule has 1 saturated carbocycles. The molecule has 0 N–H and O–H groups in total. The maximum absolute atomic E-state index is 12.1. The molecule has 1 amide bonds. The highest BCUT2D eigenvalue weighted by molar-refractivity contribution is 8.00. The fraction of sp³-hybridized carbons (Fsp3) is 0.818. The summed E-state index contributed by atoms with van der Waals surface area (Å²) in [6.07, 6.45) is 2.74. The van der Waals surface area contributed by atoms with Gasteiger partial charge in [0.05, 0.1) is 5.37 Å². The number of carbonyl (C=O) groups is 2. The first-order chi connectivity index (χ1) is 7.18. The average Bonchev–Trinajstić information content (AvgIpc) is 2.65. The van der Waals surface area contributed by atoms with E-state index in [4.69, 9.17) is 0 Å². The summed E-state index contributed by atoms with van der Waals surface area (Å²) in [6.45, 7) is 2.97. The third kappa shape index (κ3) is 2.36. The largest absolute Gasteiger partial charge is 0.330 e. The summed E-state index contributed by atoms with van der Waals surface area (Å²) in [5.41, 5.74) is 0. The van der Waals surface area contributed by atoms with Gasteiger partial charge in [-0.1, -0.05) is 0 Å². The third-order valence-electron chi connectivity index (χ3n) is 3.31. The first-order valence-corrected chi connectivity index (χ1v) is 6.67. The van der Waals surface area contributed by atoms with E-state index in [9.17, 15) is 9.59 Å². The van der Waals surface area contributed by atoms with Gasteiger partial charge in [0.1, 0.15) is 5.78 Å². The molecule has 2 rings (SSSR count). The molecule has 0 aromatic rings. The molecule has 1 heterocycles. The Balaban J connectivity index is 1.93. The molecule has 3 nitrogen and oxygen atoms in total. The number of amides is 1. The average molecular weight is 227 g/mol. The topological polar surface area (TPSA) is 37.4 Å². The van der Waals surface area contributed by atoms with Crippen LogP contribution >= 0.6 is 11.8 Å². The van der Waals surface area contributed by atoms with E-state index in [1.165, 1.54) is 0 Å². The molecule has 1 atom stereocenters. The fourth-order valence-corrected chi connectivity index (χ4v) is 3.34. The SMILES string of the molecule is CC1SCCN1C(=O)C1CCC(=O)CC1. The highest BCUT2D eigenvalue weighted by Crippen LogP contribution is 2.29. The van der Waals surface area contributed by atoms with Crippen LogP contribution in [0.1, 0.15) is 32.6 Å². The number of nitrogens with zero attached hydrogens (tertiary/aromatic N) is 1. The van der Waals surface area contributed by atoms with Crippen molar-refractivity contribution in [1.29, 1.82) is 0 Å². The summed E-state index contributed by atoms with van der Waals surface area (Å²) in [4.78, 5) is 25.2. The minimum absolute atomic E-state index is 0.115. The van der Waals surface area contributed by atoms with Gasteiger partial charge in [-0.2, -0.15) is 0 Å². The molecule has 0 aromatic carbocycles. The van der Waals surface area contributed by atoms with Crippen LogP contribution in [-0.2, 0) is 9.59 Å². The van der Waals surface area contributed by atoms with E-state index in [-0.39, 0.29) is 11.8 Å². The van der Waals surface area contributed by atoms with Gasteiger partial charge in [-0.25, -0.2) is 0 Å². The van der Waals surface area contributed by atoms with Crippen LogP contribution in [0.5, 0.6) is 0 Å². The number of rotatable bonds is 1. The molecule has 1 saturated heterocycles. The van der Waals surface area contributed by atoms with E-state index in [2.05, 4.69) is 6.92 Å². The standard InChI is InChI=1S/C11H17NO2S/c1-8-12(6-7-15-8)11(14)9-2-4-10(13)5-3-9/h8-9H,2-7H2,1H3. The number of Topliss-reactive ketones (excluding diaryl/α,β-unsaturated/α-hetero) is 1. The predicted octanol–water partition coefficient (Wildman–Crippen LogP) is 1.67. The highest BCUT2D eigenvalue weighted by atomic mass is 32.2. The van der Waals surface area contributed by atoms with Crippen molar-refractivity contribution in [3.63, 3.8) is 0 Å². The van der Waals surface area contributed by atoms with Crippen LogP contribution in [-0.4, -0.2) is 34.3 Å². The van der Waals surface area contributed by atoms with Crippen LogP contribution in [0.25, 0.3) is 0 Å². The van der Waals surface area contributed by atoms with E-state index in [1.807, 2.05) is 16.7 Å². The lowest BCUT2D eigenvalue weighted by Gasteiger charge is -2.27. The van der Waals surface area contributed by atoms with Gasteiger partial charge in [0.25, 0.3) is 0 Å². The molecule has 0 spiro atoms. The number of ketones is 1. The second-order valence-corrected chi connectivity index (χ2v) is 5.74. The Morgan fingerprint density at radius 3 is 2.60 bits per heavy atom. The summed E-state index contributed by atoms with van der Waals surface area (Å²) >= 11 is 1.84. The monoisotopic (exact) mass is 227 g/mol. The normalized spacial score (nSPS) is 28.5. The summed E-state index contributed by atoms with van der Waals surface area (Å²) < 4.78 is 0. The van der Waals surface area contributed by atoms with Crippen LogP contribution in [0.15, 0.2) is 0 Å². The summed E-state index contributed by atoms with van der Waals surface area (Å²) in [6, 6.07) is 0. The van der Waals surface area contributed by atoms with Gasteiger partial charge in [-0.3, -0.25) is 9.59 Å². The Morgan fingerprint density at radius 2 is 2.07 bits per heavy atom. The smallest absolute Gasteiger partial charge is 0.226 e. The Bertz CT molecular complexity index is 270. The van der Waals surface area contributed by atoms with Crippen molar-refractivity contribution in [2.75, 3.05) is 12.3 Å². The van der Waals surface area contributed by atoms with Gasteiger partial charge in [0.2, 0.25) is 5.91 Å². The number of hydrogen-bond donors (Lipinski definition) is 0. The Morgan fingerprint density at radius 1 is 1.40 bits per heavy atom. The molecule has 1 aliphatic heterocycles. The van der Waals surface area contributed by atoms with Gasteiger partial charge >= 0.3 is 0 Å². The minimum atomic E-state index is 0.115. The molecule has 4 heteroatoms. The van der Waals surface area contributed by atoms with Crippen molar-refractivity contribution in [3.05, 3.63) is 0 Å². The molecule has 1 aliphatic carbocycles. The maximum Gasteiger partial charge on any atom is 0.226 e. The molecule has 1 unspecified atom stereocenters. The van der Waals surface area contributed by atoms with Crippen LogP contribution < -0.4 is 0 Å². The van der Waals surface area contributed by atoms with Crippen molar-refractivity contribution in [2.24, 2.45) is 5.92 Å². The predicted molar refractivity (Wildman–Crippen MR) is 60.6 cm³/mol. The molecule has 0 radical (unpaired) electrons. The first kappa shape index (κ1) is 11.0. The van der Waals surface area contributed by atoms with Gasteiger partial charge in [0, 0.05) is 31.1 Å². The number of hydrogen-bond acceptors (Lipinski definition) is 3. The zero-order valence-corrected chi connectivity index (χ0v) is 9.89. The lowest BCUT2D eigenvalue weighted by Crippen LogP contribution is -2.39.